The van der Waals surface area contributed by atoms with E-state index in [0.717, 1.165) is 43.3 Å². The molecular formula is C57H58IrN2O-2. The van der Waals surface area contributed by atoms with Crippen LogP contribution in [0.1, 0.15) is 107 Å². The van der Waals surface area contributed by atoms with Gasteiger partial charge in [-0.1, -0.05) is 158 Å². The van der Waals surface area contributed by atoms with Gasteiger partial charge in [-0.05, 0) is 97.2 Å². The second kappa shape index (κ2) is 17.0. The van der Waals surface area contributed by atoms with E-state index in [1.165, 1.54) is 29.9 Å². The van der Waals surface area contributed by atoms with Gasteiger partial charge in [-0.2, -0.15) is 0 Å². The van der Waals surface area contributed by atoms with Crippen molar-refractivity contribution in [1.82, 2.24) is 9.97 Å². The van der Waals surface area contributed by atoms with E-state index in [1.807, 2.05) is 18.2 Å². The van der Waals surface area contributed by atoms with Gasteiger partial charge < -0.3 is 14.4 Å². The molecule has 0 N–H and O–H groups in total. The second-order valence-electron chi connectivity index (χ2n) is 18.5. The summed E-state index contributed by atoms with van der Waals surface area (Å²) in [5, 5.41) is 8.55. The Hall–Kier alpha value is -5.15. The molecule has 0 aliphatic heterocycles. The SMILES string of the molecule is [2H]C([2H])([2H])c1c[c-]c(-c2cc(C([2H])([2H])C(C)(C)C)c(C([2H])([2H])C(C)(C)C)cn2)cc1.[2H]C([2H])([2H])c1cnc(-c2[c-]ccc3c2oc2c3ccc3c4ccccc4c4ccccc4c32)cc1C([2H])([2H])C(C)(C)C.[Ir]. The van der Waals surface area contributed by atoms with E-state index in [0.29, 0.717) is 28.1 Å². The van der Waals surface area contributed by atoms with Gasteiger partial charge in [0.05, 0.1) is 5.58 Å². The Morgan fingerprint density at radius 3 is 1.74 bits per heavy atom. The maximum Gasteiger partial charge on any atom is 0.129 e. The number of furan rings is 1. The van der Waals surface area contributed by atoms with Crippen LogP contribution in [0.25, 0.3) is 76.8 Å². The minimum atomic E-state index is -2.52. The van der Waals surface area contributed by atoms with Crippen LogP contribution >= 0.6 is 0 Å². The van der Waals surface area contributed by atoms with E-state index in [2.05, 4.69) is 76.7 Å². The molecule has 1 radical (unpaired) electrons. The van der Waals surface area contributed by atoms with Gasteiger partial charge in [0, 0.05) is 59.7 Å². The Labute approximate surface area is 393 Å². The number of aryl methyl sites for hydroxylation is 2. The Morgan fingerprint density at radius 2 is 1.11 bits per heavy atom. The van der Waals surface area contributed by atoms with Gasteiger partial charge in [0.1, 0.15) is 5.58 Å². The van der Waals surface area contributed by atoms with Gasteiger partial charge in [-0.25, -0.2) is 0 Å². The van der Waals surface area contributed by atoms with E-state index in [-0.39, 0.29) is 47.9 Å². The zero-order valence-corrected chi connectivity index (χ0v) is 38.5. The summed E-state index contributed by atoms with van der Waals surface area (Å²) in [5.41, 5.74) is 1.48. The van der Waals surface area contributed by atoms with E-state index >= 15 is 0 Å². The predicted molar refractivity (Wildman–Crippen MR) is 256 cm³/mol. The van der Waals surface area contributed by atoms with E-state index < -0.39 is 49.1 Å². The fraction of sp³-hybridized carbons (Fsp3) is 0.298. The van der Waals surface area contributed by atoms with Crippen molar-refractivity contribution in [1.29, 1.82) is 0 Å². The van der Waals surface area contributed by atoms with E-state index in [9.17, 15) is 0 Å². The number of benzene rings is 6. The molecule has 0 saturated carbocycles. The average Bonchev–Trinajstić information content (AvgIpc) is 3.69. The van der Waals surface area contributed by atoms with Crippen molar-refractivity contribution >= 4 is 54.3 Å². The van der Waals surface area contributed by atoms with E-state index in [1.54, 1.807) is 80.5 Å². The third-order valence-electron chi connectivity index (χ3n) is 9.99. The molecule has 0 aliphatic carbocycles. The summed E-state index contributed by atoms with van der Waals surface area (Å²) in [5.74, 6) is 0. The number of fused-ring (bicyclic) bond motifs is 10. The van der Waals surface area contributed by atoms with Gasteiger partial charge in [0.25, 0.3) is 0 Å². The van der Waals surface area contributed by atoms with Crippen LogP contribution < -0.4 is 0 Å². The Balaban J connectivity index is 0.000000224. The molecular weight excluding hydrogens is 921 g/mol. The summed E-state index contributed by atoms with van der Waals surface area (Å²) in [6, 6.07) is 38.6. The molecule has 3 heterocycles. The van der Waals surface area contributed by atoms with Crippen LogP contribution in [0.15, 0.2) is 120 Å². The molecule has 313 valence electrons. The maximum absolute atomic E-state index is 8.94. The van der Waals surface area contributed by atoms with Crippen molar-refractivity contribution in [2.75, 3.05) is 0 Å². The van der Waals surface area contributed by atoms with Gasteiger partial charge >= 0.3 is 0 Å². The second-order valence-corrected chi connectivity index (χ2v) is 18.5. The molecule has 0 aliphatic rings. The molecule has 3 aromatic heterocycles. The van der Waals surface area contributed by atoms with Crippen molar-refractivity contribution in [2.45, 2.75) is 95.1 Å². The summed E-state index contributed by atoms with van der Waals surface area (Å²) in [6.45, 7) is 11.2. The van der Waals surface area contributed by atoms with Crippen molar-refractivity contribution in [3.05, 3.63) is 155 Å². The normalized spacial score (nSPS) is 16.3. The molecule has 61 heavy (non-hydrogen) atoms. The minimum absolute atomic E-state index is 0. The smallest absolute Gasteiger partial charge is 0.129 e. The van der Waals surface area contributed by atoms with Crippen molar-refractivity contribution < 1.29 is 41.0 Å². The third kappa shape index (κ3) is 9.52. The number of rotatable bonds is 5. The number of nitrogens with zero attached hydrogens (tertiary/aromatic N) is 2. The van der Waals surface area contributed by atoms with Crippen LogP contribution in [0.2, 0.25) is 0 Å². The molecule has 0 atom stereocenters. The summed E-state index contributed by atoms with van der Waals surface area (Å²) in [4.78, 5) is 8.93. The number of hydrogen-bond acceptors (Lipinski definition) is 3. The molecule has 0 spiro atoms. The Morgan fingerprint density at radius 1 is 0.557 bits per heavy atom. The fourth-order valence-electron chi connectivity index (χ4n) is 7.67. The van der Waals surface area contributed by atoms with Crippen molar-refractivity contribution in [3.8, 4) is 22.5 Å². The monoisotopic (exact) mass is 991 g/mol. The van der Waals surface area contributed by atoms with Crippen molar-refractivity contribution in [2.24, 2.45) is 16.2 Å². The Bertz CT molecular complexity index is 3500. The number of hydrogen-bond donors (Lipinski definition) is 0. The quantitative estimate of drug-likeness (QED) is 0.127. The minimum Gasteiger partial charge on any atom is -0.500 e. The molecule has 9 aromatic rings. The molecule has 0 bridgehead atoms. The first-order valence-corrected chi connectivity index (χ1v) is 20.3. The number of pyridine rings is 2. The first-order valence-electron chi connectivity index (χ1n) is 26.3. The summed E-state index contributed by atoms with van der Waals surface area (Å²) < 4.78 is 106. The first-order chi connectivity index (χ1) is 33.2. The van der Waals surface area contributed by atoms with Crippen LogP contribution in [0.4, 0.5) is 0 Å². The van der Waals surface area contributed by atoms with Gasteiger partial charge in [-0.15, -0.1) is 53.6 Å². The first kappa shape index (κ1) is 30.8. The predicted octanol–water partition coefficient (Wildman–Crippen LogP) is 15.8. The third-order valence-corrected chi connectivity index (χ3v) is 9.99. The molecule has 3 nitrogen and oxygen atoms in total. The maximum atomic E-state index is 8.94. The van der Waals surface area contributed by atoms with Crippen LogP contribution in [0.3, 0.4) is 0 Å². The van der Waals surface area contributed by atoms with Gasteiger partial charge in [0.2, 0.25) is 0 Å². The molecule has 4 heteroatoms. The Kier molecular flexibility index (Phi) is 8.56. The van der Waals surface area contributed by atoms with E-state index in [4.69, 9.17) is 20.9 Å². The zero-order valence-electron chi connectivity index (χ0n) is 48.1. The summed E-state index contributed by atoms with van der Waals surface area (Å²) in [6.07, 6.45) is -2.90. The zero-order chi connectivity index (χ0) is 52.9. The molecule has 0 saturated heterocycles. The summed E-state index contributed by atoms with van der Waals surface area (Å²) in [7, 11) is 0. The van der Waals surface area contributed by atoms with Crippen molar-refractivity contribution in [3.63, 3.8) is 0 Å². The van der Waals surface area contributed by atoms with Crippen LogP contribution in [-0.4, -0.2) is 9.97 Å². The van der Waals surface area contributed by atoms with Crippen LogP contribution in [0, 0.1) is 42.1 Å². The molecule has 0 amide bonds. The average molecular weight is 991 g/mol. The van der Waals surface area contributed by atoms with Gasteiger partial charge in [0.15, 0.2) is 0 Å². The number of aromatic nitrogens is 2. The molecule has 6 aromatic carbocycles. The summed E-state index contributed by atoms with van der Waals surface area (Å²) >= 11 is 0. The standard InChI is InChI=1S/C35H28NO.C22H30N.Ir/c1-21-20-36-31(18-22(21)19-35(2,3)4)30-15-9-14-28-29-17-16-27-25-12-6-5-10-23(25)24-11-7-8-13-26(24)32(27)34(29)37-33(28)30;1-16-8-10-17(11-9-16)20-12-18(13-21(2,3)4)19(15-23-20)14-22(5,6)7;/h5-14,16-18,20H,19H2,1-4H3;8-10,12,15H,13-14H2,1-7H3;/q2*-1;/i1D3,19D2;1D3,13D2,14D2;. The van der Waals surface area contributed by atoms with Crippen LogP contribution in [-0.2, 0) is 39.2 Å². The van der Waals surface area contributed by atoms with Crippen LogP contribution in [0.5, 0.6) is 0 Å². The molecule has 0 fully saturated rings. The molecule has 0 unspecified atom stereocenters. The molecule has 9 rings (SSSR count). The van der Waals surface area contributed by atoms with Gasteiger partial charge in [-0.3, -0.25) is 0 Å². The largest absolute Gasteiger partial charge is 0.500 e. The fourth-order valence-corrected chi connectivity index (χ4v) is 7.67. The topological polar surface area (TPSA) is 38.9 Å².